The number of piperidine rings is 1. The number of likely N-dealkylation sites (tertiary alicyclic amines) is 1. The highest BCUT2D eigenvalue weighted by atomic mass is 32.2. The zero-order valence-electron chi connectivity index (χ0n) is 34.5. The van der Waals surface area contributed by atoms with Gasteiger partial charge in [-0.15, -0.1) is 11.8 Å². The minimum Gasteiger partial charge on any atom is -0.457 e. The predicted octanol–water partition coefficient (Wildman–Crippen LogP) is 6.51. The molecule has 0 bridgehead atoms. The Bertz CT molecular complexity index is 2280. The lowest BCUT2D eigenvalue weighted by molar-refractivity contribution is -0.136. The van der Waals surface area contributed by atoms with Crippen molar-refractivity contribution in [3.05, 3.63) is 94.8 Å². The lowest BCUT2D eigenvalue weighted by Crippen LogP contribution is -2.54. The van der Waals surface area contributed by atoms with Gasteiger partial charge in [-0.25, -0.2) is 4.39 Å². The zero-order chi connectivity index (χ0) is 43.2. The van der Waals surface area contributed by atoms with Gasteiger partial charge in [0, 0.05) is 43.1 Å². The number of nitrogens with one attached hydrogen (secondary N) is 1. The van der Waals surface area contributed by atoms with Crippen LogP contribution in [0.3, 0.4) is 0 Å². The molecule has 4 aliphatic heterocycles. The summed E-state index contributed by atoms with van der Waals surface area (Å²) in [4.78, 5) is 77.5. The maximum absolute atomic E-state index is 14.7. The van der Waals surface area contributed by atoms with Gasteiger partial charge in [-0.05, 0) is 117 Å². The van der Waals surface area contributed by atoms with Gasteiger partial charge in [0.15, 0.2) is 0 Å². The van der Waals surface area contributed by atoms with E-state index in [9.17, 15) is 28.4 Å². The number of amidine groups is 1. The molecule has 3 unspecified atom stereocenters. The van der Waals surface area contributed by atoms with Crippen LogP contribution in [0.2, 0.25) is 0 Å². The maximum atomic E-state index is 14.7. The second-order valence-electron chi connectivity index (χ2n) is 16.3. The third-order valence-electron chi connectivity index (χ3n) is 11.7. The van der Waals surface area contributed by atoms with Crippen LogP contribution in [0.4, 0.5) is 4.39 Å². The molecule has 2 saturated heterocycles. The first-order valence-electron chi connectivity index (χ1n) is 21.0. The molecule has 5 amide bonds. The van der Waals surface area contributed by atoms with Gasteiger partial charge in [-0.3, -0.25) is 44.2 Å². The highest BCUT2D eigenvalue weighted by molar-refractivity contribution is 7.99. The van der Waals surface area contributed by atoms with E-state index in [1.165, 1.54) is 17.8 Å². The van der Waals surface area contributed by atoms with Crippen molar-refractivity contribution in [2.45, 2.75) is 88.6 Å². The van der Waals surface area contributed by atoms with Crippen LogP contribution in [0.5, 0.6) is 11.5 Å². The van der Waals surface area contributed by atoms with Crippen LogP contribution < -0.4 is 21.5 Å². The summed E-state index contributed by atoms with van der Waals surface area (Å²) in [6.07, 6.45) is 4.71. The number of thioether (sulfide) groups is 1. The largest absolute Gasteiger partial charge is 0.457 e. The Balaban J connectivity index is 0.965. The summed E-state index contributed by atoms with van der Waals surface area (Å²) in [5, 5.41) is 2.17. The van der Waals surface area contributed by atoms with E-state index in [-0.39, 0.29) is 41.8 Å². The highest BCUT2D eigenvalue weighted by Gasteiger charge is 2.46. The fourth-order valence-electron chi connectivity index (χ4n) is 8.29. The normalized spacial score (nSPS) is 23.8. The summed E-state index contributed by atoms with van der Waals surface area (Å²) < 4.78 is 20.7. The number of aliphatic imine (C=N–C) groups is 2. The SMILES string of the molecule is CC1CCC(=N[C@@H]2CCCN(C(=O)CCCCSc3cc(F)cc4c3C(=O)N(C3CCC(=O)NC3=O)C4=O)CC2C)C(=C(N)c2ccc(Oc3ccccc3)cc2)C(N)=NC1. The Morgan fingerprint density at radius 1 is 0.967 bits per heavy atom. The number of unbranched alkanes of at least 4 members (excludes halogenated alkanes) is 1. The lowest BCUT2D eigenvalue weighted by Gasteiger charge is -2.27. The third-order valence-corrected chi connectivity index (χ3v) is 12.8. The quantitative estimate of drug-likeness (QED) is 0.110. The molecule has 15 heteroatoms. The second-order valence-corrected chi connectivity index (χ2v) is 17.4. The summed E-state index contributed by atoms with van der Waals surface area (Å²) in [6.45, 7) is 6.07. The van der Waals surface area contributed by atoms with Crippen LogP contribution in [0, 0.1) is 17.7 Å². The fraction of sp³-hybridized carbons (Fsp3) is 0.413. The molecule has 5 N–H and O–H groups in total. The van der Waals surface area contributed by atoms with E-state index >= 15 is 0 Å². The molecule has 13 nitrogen and oxygen atoms in total. The molecule has 0 aliphatic carbocycles. The Hall–Kier alpha value is -5.83. The van der Waals surface area contributed by atoms with Crippen LogP contribution in [-0.4, -0.2) is 88.4 Å². The Labute approximate surface area is 359 Å². The van der Waals surface area contributed by atoms with Gasteiger partial charge in [-0.1, -0.05) is 32.0 Å². The van der Waals surface area contributed by atoms with E-state index in [0.29, 0.717) is 84.7 Å². The Morgan fingerprint density at radius 2 is 1.72 bits per heavy atom. The molecule has 2 fully saturated rings. The van der Waals surface area contributed by atoms with Crippen molar-refractivity contribution in [1.29, 1.82) is 0 Å². The summed E-state index contributed by atoms with van der Waals surface area (Å²) in [6, 6.07) is 18.2. The number of ether oxygens (including phenoxy) is 1. The van der Waals surface area contributed by atoms with E-state index in [2.05, 4.69) is 19.2 Å². The summed E-state index contributed by atoms with van der Waals surface area (Å²) in [5.74, 6) is -0.560. The molecular weight excluding hydrogens is 798 g/mol. The van der Waals surface area contributed by atoms with E-state index in [0.717, 1.165) is 47.3 Å². The van der Waals surface area contributed by atoms with Gasteiger partial charge in [0.2, 0.25) is 17.7 Å². The summed E-state index contributed by atoms with van der Waals surface area (Å²) >= 11 is 1.24. The molecule has 0 radical (unpaired) electrons. The number of nitrogens with two attached hydrogens (primary N) is 2. The minimum atomic E-state index is -1.14. The van der Waals surface area contributed by atoms with Crippen molar-refractivity contribution >= 4 is 58.5 Å². The predicted molar refractivity (Wildman–Crippen MR) is 233 cm³/mol. The Kier molecular flexibility index (Phi) is 13.7. The van der Waals surface area contributed by atoms with E-state index in [1.54, 1.807) is 0 Å². The number of nitrogens with zero attached hydrogens (tertiary/aromatic N) is 4. The number of para-hydroxylation sites is 1. The molecule has 4 heterocycles. The number of halogens is 1. The number of rotatable bonds is 11. The molecule has 3 aromatic carbocycles. The average molecular weight is 850 g/mol. The van der Waals surface area contributed by atoms with Crippen molar-refractivity contribution in [2.75, 3.05) is 25.4 Å². The topological polar surface area (TPSA) is 190 Å². The van der Waals surface area contributed by atoms with Crippen LogP contribution in [0.1, 0.15) is 97.9 Å². The molecule has 0 saturated carbocycles. The first-order valence-corrected chi connectivity index (χ1v) is 22.0. The molecule has 0 aromatic heterocycles. The van der Waals surface area contributed by atoms with Gasteiger partial charge >= 0.3 is 0 Å². The van der Waals surface area contributed by atoms with Crippen molar-refractivity contribution < 1.29 is 33.1 Å². The monoisotopic (exact) mass is 849 g/mol. The van der Waals surface area contributed by atoms with Crippen molar-refractivity contribution in [3.8, 4) is 11.5 Å². The summed E-state index contributed by atoms with van der Waals surface area (Å²) in [5.41, 5.74) is 16.3. The number of benzene rings is 3. The van der Waals surface area contributed by atoms with Crippen LogP contribution >= 0.6 is 11.8 Å². The number of carbonyl (C=O) groups is 5. The Morgan fingerprint density at radius 3 is 2.48 bits per heavy atom. The molecule has 0 spiro atoms. The van der Waals surface area contributed by atoms with Gasteiger partial charge in [0.1, 0.15) is 29.2 Å². The molecule has 4 atom stereocenters. The van der Waals surface area contributed by atoms with Crippen LogP contribution in [-0.2, 0) is 14.4 Å². The van der Waals surface area contributed by atoms with Gasteiger partial charge in [0.05, 0.1) is 28.4 Å². The van der Waals surface area contributed by atoms with E-state index in [1.807, 2.05) is 59.5 Å². The van der Waals surface area contributed by atoms with Crippen molar-refractivity contribution in [1.82, 2.24) is 15.1 Å². The standard InChI is InChI=1S/C46H52FN7O6S/c1-27-13-18-35(41(43(49)50-25-27)42(48)29-14-16-32(17-15-29)60-31-9-4-3-5-10-31)51-34-11-8-21-53(26-28(34)2)39(56)12-6-7-22-61-37-24-30(47)23-33-40(37)46(59)54(45(33)58)36-19-20-38(55)52-44(36)57/h3-5,9-10,14-17,23-24,27-28,34,36H,6-8,11-13,18-22,25-26,48H2,1-2H3,(H2,49,50)(H,52,55,57)/t27?,28?,34-,36?/m1/s1. The third kappa shape index (κ3) is 10.0. The van der Waals surface area contributed by atoms with Gasteiger partial charge < -0.3 is 21.1 Å². The van der Waals surface area contributed by atoms with Gasteiger partial charge in [0.25, 0.3) is 11.8 Å². The number of fused-ring (bicyclic) bond motifs is 1. The fourth-order valence-corrected chi connectivity index (χ4v) is 9.39. The molecule has 7 rings (SSSR count). The highest BCUT2D eigenvalue weighted by Crippen LogP contribution is 2.36. The number of hydrogen-bond donors (Lipinski definition) is 3. The van der Waals surface area contributed by atoms with Crippen LogP contribution in [0.15, 0.2) is 87.2 Å². The average Bonchev–Trinajstić information content (AvgIpc) is 3.34. The molecular formula is C46H52FN7O6S. The first-order chi connectivity index (χ1) is 29.4. The van der Waals surface area contributed by atoms with E-state index < -0.39 is 35.5 Å². The van der Waals surface area contributed by atoms with Crippen molar-refractivity contribution in [3.63, 3.8) is 0 Å². The van der Waals surface area contributed by atoms with Gasteiger partial charge in [-0.2, -0.15) is 0 Å². The number of carbonyl (C=O) groups excluding carboxylic acids is 5. The maximum Gasteiger partial charge on any atom is 0.263 e. The zero-order valence-corrected chi connectivity index (χ0v) is 35.3. The number of imide groups is 2. The molecule has 320 valence electrons. The summed E-state index contributed by atoms with van der Waals surface area (Å²) in [7, 11) is 0. The van der Waals surface area contributed by atoms with E-state index in [4.69, 9.17) is 26.2 Å². The first kappa shape index (κ1) is 43.3. The molecule has 4 aliphatic rings. The lowest BCUT2D eigenvalue weighted by atomic mass is 9.92. The smallest absolute Gasteiger partial charge is 0.263 e. The molecule has 3 aromatic rings. The van der Waals surface area contributed by atoms with Crippen LogP contribution in [0.25, 0.3) is 5.70 Å². The number of amides is 5. The van der Waals surface area contributed by atoms with Crippen molar-refractivity contribution in [2.24, 2.45) is 33.3 Å². The molecule has 61 heavy (non-hydrogen) atoms. The second kappa shape index (κ2) is 19.3. The minimum absolute atomic E-state index is 0.00750. The number of hydrogen-bond acceptors (Lipinski definition) is 11.